The summed E-state index contributed by atoms with van der Waals surface area (Å²) in [7, 11) is 0. The van der Waals surface area contributed by atoms with Crippen LogP contribution in [0.25, 0.3) is 0 Å². The lowest BCUT2D eigenvalue weighted by molar-refractivity contribution is 0.0949. The summed E-state index contributed by atoms with van der Waals surface area (Å²) in [6.45, 7) is 1.43. The number of para-hydroxylation sites is 1. The quantitative estimate of drug-likeness (QED) is 0.707. The number of aryl methyl sites for hydroxylation is 1. The number of hydrogen-bond acceptors (Lipinski definition) is 4. The van der Waals surface area contributed by atoms with Crippen molar-refractivity contribution in [1.29, 1.82) is 0 Å². The number of anilines is 2. The predicted octanol–water partition coefficient (Wildman–Crippen LogP) is 4.19. The van der Waals surface area contributed by atoms with Gasteiger partial charge in [-0.1, -0.05) is 41.9 Å². The minimum Gasteiger partial charge on any atom is -0.350 e. The van der Waals surface area contributed by atoms with E-state index in [4.69, 9.17) is 11.6 Å². The number of rotatable bonds is 5. The molecule has 2 aromatic carbocycles. The van der Waals surface area contributed by atoms with E-state index in [0.29, 0.717) is 17.3 Å². The van der Waals surface area contributed by atoms with Gasteiger partial charge < -0.3 is 10.2 Å². The highest BCUT2D eigenvalue weighted by atomic mass is 35.5. The lowest BCUT2D eigenvalue weighted by Gasteiger charge is -2.30. The normalized spacial score (nSPS) is 13.1. The molecule has 4 rings (SSSR count). The Labute approximate surface area is 169 Å². The number of benzene rings is 2. The van der Waals surface area contributed by atoms with Crippen LogP contribution in [0.15, 0.2) is 60.9 Å². The Hall–Kier alpha value is -2.92. The lowest BCUT2D eigenvalue weighted by atomic mass is 10.0. The molecule has 1 aliphatic rings. The second-order valence-electron chi connectivity index (χ2n) is 6.78. The van der Waals surface area contributed by atoms with Gasteiger partial charge in [-0.25, -0.2) is 9.97 Å². The Morgan fingerprint density at radius 1 is 1.07 bits per heavy atom. The number of fused-ring (bicyclic) bond motifs is 1. The van der Waals surface area contributed by atoms with E-state index in [0.717, 1.165) is 37.2 Å². The van der Waals surface area contributed by atoms with Gasteiger partial charge in [-0.05, 0) is 48.6 Å². The molecule has 0 bridgehead atoms. The number of aromatic nitrogens is 2. The predicted molar refractivity (Wildman–Crippen MR) is 111 cm³/mol. The number of amides is 1. The van der Waals surface area contributed by atoms with E-state index in [1.807, 2.05) is 30.3 Å². The first-order chi connectivity index (χ1) is 13.7. The van der Waals surface area contributed by atoms with Crippen molar-refractivity contribution in [3.63, 3.8) is 0 Å². The average molecular weight is 393 g/mol. The highest BCUT2D eigenvalue weighted by Gasteiger charge is 2.19. The van der Waals surface area contributed by atoms with Gasteiger partial charge in [-0.15, -0.1) is 0 Å². The molecule has 0 saturated carbocycles. The van der Waals surface area contributed by atoms with E-state index in [1.54, 1.807) is 12.4 Å². The Bertz CT molecular complexity index is 957. The third-order valence-corrected chi connectivity index (χ3v) is 5.12. The molecule has 1 aromatic heterocycles. The Morgan fingerprint density at radius 2 is 1.89 bits per heavy atom. The second kappa shape index (κ2) is 8.40. The molecule has 5 nitrogen and oxygen atoms in total. The van der Waals surface area contributed by atoms with Crippen LogP contribution in [-0.2, 0) is 12.8 Å². The molecule has 1 aliphatic heterocycles. The Balaban J connectivity index is 1.38. The van der Waals surface area contributed by atoms with Gasteiger partial charge in [0.25, 0.3) is 5.91 Å². The van der Waals surface area contributed by atoms with Gasteiger partial charge in [0.1, 0.15) is 5.69 Å². The van der Waals surface area contributed by atoms with Crippen LogP contribution in [0.2, 0.25) is 5.02 Å². The number of carbonyl (C=O) groups excluding carboxylic acids is 1. The number of hydrogen-bond donors (Lipinski definition) is 1. The first-order valence-electron chi connectivity index (χ1n) is 9.41. The van der Waals surface area contributed by atoms with Gasteiger partial charge in [0, 0.05) is 23.8 Å². The van der Waals surface area contributed by atoms with Gasteiger partial charge in [-0.2, -0.15) is 0 Å². The molecule has 3 aromatic rings. The molecule has 0 saturated heterocycles. The topological polar surface area (TPSA) is 58.1 Å². The zero-order valence-corrected chi connectivity index (χ0v) is 16.2. The van der Waals surface area contributed by atoms with E-state index in [1.165, 1.54) is 11.3 Å². The molecule has 6 heteroatoms. The first kappa shape index (κ1) is 18.4. The van der Waals surface area contributed by atoms with Crippen LogP contribution >= 0.6 is 11.6 Å². The van der Waals surface area contributed by atoms with Crippen LogP contribution in [-0.4, -0.2) is 29.0 Å². The molecule has 0 fully saturated rings. The van der Waals surface area contributed by atoms with Crippen LogP contribution in [0.4, 0.5) is 11.5 Å². The summed E-state index contributed by atoms with van der Waals surface area (Å²) >= 11 is 5.88. The standard InChI is InChI=1S/C22H21ClN4O/c23-18-9-7-16(8-10-18)11-12-24-22(28)19-14-26-21(15-25-19)27-13-3-5-17-4-1-2-6-20(17)27/h1-2,4,6-10,14-15H,3,5,11-13H2,(H,24,28). The molecular formula is C22H21ClN4O. The zero-order chi connectivity index (χ0) is 19.3. The number of nitrogens with zero attached hydrogens (tertiary/aromatic N) is 3. The summed E-state index contributed by atoms with van der Waals surface area (Å²) in [5.41, 5.74) is 3.93. The number of halogens is 1. The van der Waals surface area contributed by atoms with E-state index in [-0.39, 0.29) is 5.91 Å². The molecule has 0 spiro atoms. The minimum atomic E-state index is -0.216. The molecular weight excluding hydrogens is 372 g/mol. The van der Waals surface area contributed by atoms with E-state index in [2.05, 4.69) is 38.4 Å². The highest BCUT2D eigenvalue weighted by molar-refractivity contribution is 6.30. The molecule has 1 amide bonds. The molecule has 0 atom stereocenters. The minimum absolute atomic E-state index is 0.216. The van der Waals surface area contributed by atoms with Crippen LogP contribution in [0.3, 0.4) is 0 Å². The lowest BCUT2D eigenvalue weighted by Crippen LogP contribution is -2.28. The van der Waals surface area contributed by atoms with Crippen LogP contribution < -0.4 is 10.2 Å². The Morgan fingerprint density at radius 3 is 2.68 bits per heavy atom. The van der Waals surface area contributed by atoms with Crippen molar-refractivity contribution in [3.05, 3.63) is 82.8 Å². The second-order valence-corrected chi connectivity index (χ2v) is 7.21. The summed E-state index contributed by atoms with van der Waals surface area (Å²) in [6, 6.07) is 16.0. The van der Waals surface area contributed by atoms with Crippen LogP contribution in [0.5, 0.6) is 0 Å². The summed E-state index contributed by atoms with van der Waals surface area (Å²) in [6.07, 6.45) is 6.11. The third-order valence-electron chi connectivity index (χ3n) is 4.87. The van der Waals surface area contributed by atoms with Crippen LogP contribution in [0, 0.1) is 0 Å². The molecule has 28 heavy (non-hydrogen) atoms. The maximum atomic E-state index is 12.3. The molecule has 142 valence electrons. The molecule has 2 heterocycles. The Kier molecular flexibility index (Phi) is 5.53. The van der Waals surface area contributed by atoms with Gasteiger partial charge in [0.2, 0.25) is 0 Å². The zero-order valence-electron chi connectivity index (χ0n) is 15.4. The fourth-order valence-corrected chi connectivity index (χ4v) is 3.54. The maximum absolute atomic E-state index is 12.3. The van der Waals surface area contributed by atoms with E-state index >= 15 is 0 Å². The third kappa shape index (κ3) is 4.15. The largest absolute Gasteiger partial charge is 0.350 e. The van der Waals surface area contributed by atoms with Crippen molar-refractivity contribution in [2.24, 2.45) is 0 Å². The van der Waals surface area contributed by atoms with Crippen molar-refractivity contribution in [3.8, 4) is 0 Å². The van der Waals surface area contributed by atoms with Gasteiger partial charge >= 0.3 is 0 Å². The molecule has 0 unspecified atom stereocenters. The number of nitrogens with one attached hydrogen (secondary N) is 1. The molecule has 0 aliphatic carbocycles. The number of carbonyl (C=O) groups is 1. The molecule has 0 radical (unpaired) electrons. The smallest absolute Gasteiger partial charge is 0.271 e. The van der Waals surface area contributed by atoms with Crippen molar-refractivity contribution in [2.45, 2.75) is 19.3 Å². The summed E-state index contributed by atoms with van der Waals surface area (Å²) in [4.78, 5) is 23.3. The fraction of sp³-hybridized carbons (Fsp3) is 0.227. The van der Waals surface area contributed by atoms with Gasteiger partial charge in [-0.3, -0.25) is 4.79 Å². The van der Waals surface area contributed by atoms with Crippen LogP contribution in [0.1, 0.15) is 28.0 Å². The summed E-state index contributed by atoms with van der Waals surface area (Å²) < 4.78 is 0. The van der Waals surface area contributed by atoms with E-state index < -0.39 is 0 Å². The van der Waals surface area contributed by atoms with E-state index in [9.17, 15) is 4.79 Å². The monoisotopic (exact) mass is 392 g/mol. The maximum Gasteiger partial charge on any atom is 0.271 e. The van der Waals surface area contributed by atoms with Crippen molar-refractivity contribution in [1.82, 2.24) is 15.3 Å². The first-order valence-corrected chi connectivity index (χ1v) is 9.78. The SMILES string of the molecule is O=C(NCCc1ccc(Cl)cc1)c1cnc(N2CCCc3ccccc32)cn1. The van der Waals surface area contributed by atoms with Crippen molar-refractivity contribution in [2.75, 3.05) is 18.0 Å². The van der Waals surface area contributed by atoms with Gasteiger partial charge in [0.15, 0.2) is 5.82 Å². The fourth-order valence-electron chi connectivity index (χ4n) is 3.41. The van der Waals surface area contributed by atoms with Crippen molar-refractivity contribution < 1.29 is 4.79 Å². The molecule has 1 N–H and O–H groups in total. The average Bonchev–Trinajstić information content (AvgIpc) is 2.75. The van der Waals surface area contributed by atoms with Gasteiger partial charge in [0.05, 0.1) is 12.4 Å². The summed E-state index contributed by atoms with van der Waals surface area (Å²) in [5.74, 6) is 0.553. The summed E-state index contributed by atoms with van der Waals surface area (Å²) in [5, 5.41) is 3.60. The van der Waals surface area contributed by atoms with Crippen molar-refractivity contribution >= 4 is 29.0 Å². The highest BCUT2D eigenvalue weighted by Crippen LogP contribution is 2.31.